The van der Waals surface area contributed by atoms with Crippen molar-refractivity contribution in [2.45, 2.75) is 25.8 Å². The molecule has 1 aromatic rings. The molecule has 2 fully saturated rings. The molecule has 0 saturated carbocycles. The fourth-order valence-electron chi connectivity index (χ4n) is 3.51. The van der Waals surface area contributed by atoms with Crippen molar-refractivity contribution in [2.24, 2.45) is 5.41 Å². The summed E-state index contributed by atoms with van der Waals surface area (Å²) in [5.74, 6) is 0. The van der Waals surface area contributed by atoms with Crippen molar-refractivity contribution in [2.75, 3.05) is 33.2 Å². The summed E-state index contributed by atoms with van der Waals surface area (Å²) in [6.45, 7) is 6.32. The Kier molecular flexibility index (Phi) is 3.40. The molecule has 0 aromatic heterocycles. The smallest absolute Gasteiger partial charge is 0.0233 e. The van der Waals surface area contributed by atoms with Gasteiger partial charge in [-0.25, -0.2) is 0 Å². The third-order valence-corrected chi connectivity index (χ3v) is 4.81. The summed E-state index contributed by atoms with van der Waals surface area (Å²) in [4.78, 5) is 5.13. The van der Waals surface area contributed by atoms with E-state index in [1.54, 1.807) is 0 Å². The Hall–Kier alpha value is -0.860. The quantitative estimate of drug-likeness (QED) is 0.789. The van der Waals surface area contributed by atoms with Gasteiger partial charge in [-0.15, -0.1) is 0 Å². The summed E-state index contributed by atoms with van der Waals surface area (Å²) in [5.41, 5.74) is 2.10. The average Bonchev–Trinajstić information content (AvgIpc) is 2.78. The van der Waals surface area contributed by atoms with Crippen molar-refractivity contribution >= 4 is 0 Å². The zero-order valence-corrected chi connectivity index (χ0v) is 11.4. The first-order chi connectivity index (χ1) is 8.76. The van der Waals surface area contributed by atoms with Crippen LogP contribution in [0.25, 0.3) is 0 Å². The summed E-state index contributed by atoms with van der Waals surface area (Å²) in [7, 11) is 2.25. The van der Waals surface area contributed by atoms with Crippen molar-refractivity contribution in [1.29, 1.82) is 0 Å². The Labute approximate surface area is 111 Å². The van der Waals surface area contributed by atoms with Gasteiger partial charge in [0.1, 0.15) is 0 Å². The number of likely N-dealkylation sites (tertiary alicyclic amines) is 2. The van der Waals surface area contributed by atoms with Crippen molar-refractivity contribution in [3.8, 4) is 0 Å². The maximum absolute atomic E-state index is 2.65. The first-order valence-electron chi connectivity index (χ1n) is 7.21. The first kappa shape index (κ1) is 12.2. The molecule has 3 rings (SSSR count). The van der Waals surface area contributed by atoms with Gasteiger partial charge < -0.3 is 4.90 Å². The zero-order valence-electron chi connectivity index (χ0n) is 11.4. The van der Waals surface area contributed by atoms with Gasteiger partial charge in [0, 0.05) is 13.1 Å². The molecule has 0 unspecified atom stereocenters. The molecule has 2 heteroatoms. The molecule has 0 amide bonds. The van der Waals surface area contributed by atoms with Gasteiger partial charge in [-0.3, -0.25) is 4.90 Å². The highest BCUT2D eigenvalue weighted by Crippen LogP contribution is 2.40. The third kappa shape index (κ3) is 2.60. The normalized spacial score (nSPS) is 24.7. The second-order valence-corrected chi connectivity index (χ2v) is 6.25. The Bertz CT molecular complexity index is 379. The maximum Gasteiger partial charge on any atom is 0.0233 e. The second-order valence-electron chi connectivity index (χ2n) is 6.25. The van der Waals surface area contributed by atoms with E-state index in [0.29, 0.717) is 5.41 Å². The van der Waals surface area contributed by atoms with E-state index < -0.39 is 0 Å². The van der Waals surface area contributed by atoms with Gasteiger partial charge in [0.2, 0.25) is 0 Å². The van der Waals surface area contributed by atoms with E-state index >= 15 is 0 Å². The Morgan fingerprint density at radius 2 is 1.67 bits per heavy atom. The fraction of sp³-hybridized carbons (Fsp3) is 0.625. The molecule has 1 spiro atoms. The van der Waals surface area contributed by atoms with Crippen LogP contribution in [0.4, 0.5) is 0 Å². The molecule has 0 aliphatic carbocycles. The molecule has 2 aliphatic rings. The fourth-order valence-corrected chi connectivity index (χ4v) is 3.51. The predicted octanol–water partition coefficient (Wildman–Crippen LogP) is 2.60. The first-order valence-corrected chi connectivity index (χ1v) is 7.21. The van der Waals surface area contributed by atoms with Gasteiger partial charge in [0.15, 0.2) is 0 Å². The van der Waals surface area contributed by atoms with E-state index in [9.17, 15) is 0 Å². The van der Waals surface area contributed by atoms with Gasteiger partial charge in [0.05, 0.1) is 0 Å². The highest BCUT2D eigenvalue weighted by molar-refractivity contribution is 5.14. The van der Waals surface area contributed by atoms with Crippen LogP contribution in [0.3, 0.4) is 0 Å². The summed E-state index contributed by atoms with van der Waals surface area (Å²) in [6, 6.07) is 10.9. The Morgan fingerprint density at radius 1 is 1.00 bits per heavy atom. The summed E-state index contributed by atoms with van der Waals surface area (Å²) >= 11 is 0. The minimum Gasteiger partial charge on any atom is -0.306 e. The van der Waals surface area contributed by atoms with Gasteiger partial charge in [0.25, 0.3) is 0 Å². The molecule has 2 nitrogen and oxygen atoms in total. The lowest BCUT2D eigenvalue weighted by atomic mass is 9.78. The SMILES string of the molecule is CN1CCC2(CC1)CCN(Cc1ccccc1)C2. The lowest BCUT2D eigenvalue weighted by molar-refractivity contribution is 0.125. The van der Waals surface area contributed by atoms with Crippen LogP contribution in [0.15, 0.2) is 30.3 Å². The van der Waals surface area contributed by atoms with E-state index in [-0.39, 0.29) is 0 Å². The maximum atomic E-state index is 2.65. The van der Waals surface area contributed by atoms with Crippen LogP contribution < -0.4 is 0 Å². The monoisotopic (exact) mass is 244 g/mol. The highest BCUT2D eigenvalue weighted by Gasteiger charge is 2.39. The number of rotatable bonds is 2. The number of nitrogens with zero attached hydrogens (tertiary/aromatic N) is 2. The second kappa shape index (κ2) is 5.02. The number of hydrogen-bond donors (Lipinski definition) is 0. The van der Waals surface area contributed by atoms with E-state index in [4.69, 9.17) is 0 Å². The average molecular weight is 244 g/mol. The standard InChI is InChI=1S/C16H24N2/c1-17-10-7-16(8-11-17)9-12-18(14-16)13-15-5-3-2-4-6-15/h2-6H,7-14H2,1H3. The molecule has 2 aliphatic heterocycles. The van der Waals surface area contributed by atoms with E-state index in [2.05, 4.69) is 47.2 Å². The molecule has 2 saturated heterocycles. The van der Waals surface area contributed by atoms with E-state index in [1.807, 2.05) is 0 Å². The lowest BCUT2D eigenvalue weighted by Gasteiger charge is -2.37. The minimum atomic E-state index is 0.640. The minimum absolute atomic E-state index is 0.640. The highest BCUT2D eigenvalue weighted by atomic mass is 15.2. The molecule has 98 valence electrons. The number of hydrogen-bond acceptors (Lipinski definition) is 2. The van der Waals surface area contributed by atoms with Crippen LogP contribution in [-0.2, 0) is 6.54 Å². The number of piperidine rings is 1. The Balaban J connectivity index is 1.58. The molecule has 0 bridgehead atoms. The van der Waals surface area contributed by atoms with E-state index in [1.165, 1.54) is 51.0 Å². The van der Waals surface area contributed by atoms with Crippen LogP contribution in [0.2, 0.25) is 0 Å². The molecule has 0 atom stereocenters. The topological polar surface area (TPSA) is 6.48 Å². The van der Waals surface area contributed by atoms with Crippen LogP contribution in [0.5, 0.6) is 0 Å². The lowest BCUT2D eigenvalue weighted by Crippen LogP contribution is -2.39. The molecule has 18 heavy (non-hydrogen) atoms. The van der Waals surface area contributed by atoms with Crippen molar-refractivity contribution in [3.05, 3.63) is 35.9 Å². The van der Waals surface area contributed by atoms with Crippen molar-refractivity contribution in [3.63, 3.8) is 0 Å². The van der Waals surface area contributed by atoms with Gasteiger partial charge >= 0.3 is 0 Å². The molecule has 2 heterocycles. The van der Waals surface area contributed by atoms with Crippen LogP contribution >= 0.6 is 0 Å². The Morgan fingerprint density at radius 3 is 2.39 bits per heavy atom. The van der Waals surface area contributed by atoms with Crippen LogP contribution in [0.1, 0.15) is 24.8 Å². The summed E-state index contributed by atoms with van der Waals surface area (Å²) in [6.07, 6.45) is 4.21. The zero-order chi connectivity index (χ0) is 12.4. The largest absolute Gasteiger partial charge is 0.306 e. The van der Waals surface area contributed by atoms with Gasteiger partial charge in [-0.05, 0) is 56.9 Å². The molecule has 0 N–H and O–H groups in total. The molecule has 0 radical (unpaired) electrons. The van der Waals surface area contributed by atoms with Gasteiger partial charge in [-0.2, -0.15) is 0 Å². The molecular weight excluding hydrogens is 220 g/mol. The van der Waals surface area contributed by atoms with Crippen molar-refractivity contribution in [1.82, 2.24) is 9.80 Å². The predicted molar refractivity (Wildman–Crippen MR) is 75.5 cm³/mol. The van der Waals surface area contributed by atoms with Crippen molar-refractivity contribution < 1.29 is 0 Å². The number of benzene rings is 1. The molecular formula is C16H24N2. The van der Waals surface area contributed by atoms with Gasteiger partial charge in [-0.1, -0.05) is 30.3 Å². The molecule has 1 aromatic carbocycles. The summed E-state index contributed by atoms with van der Waals surface area (Å²) < 4.78 is 0. The van der Waals surface area contributed by atoms with Crippen LogP contribution in [-0.4, -0.2) is 43.0 Å². The third-order valence-electron chi connectivity index (χ3n) is 4.81. The van der Waals surface area contributed by atoms with Crippen LogP contribution in [0, 0.1) is 5.41 Å². The summed E-state index contributed by atoms with van der Waals surface area (Å²) in [5, 5.41) is 0. The van der Waals surface area contributed by atoms with E-state index in [0.717, 1.165) is 6.54 Å².